The third-order valence-corrected chi connectivity index (χ3v) is 3.85. The molecule has 0 unspecified atom stereocenters. The van der Waals surface area contributed by atoms with E-state index in [-0.39, 0.29) is 22.6 Å². The van der Waals surface area contributed by atoms with Crippen molar-refractivity contribution in [3.8, 4) is 0 Å². The molecule has 1 amide bonds. The fourth-order valence-corrected chi connectivity index (χ4v) is 2.49. The van der Waals surface area contributed by atoms with Gasteiger partial charge >= 0.3 is 0 Å². The van der Waals surface area contributed by atoms with Crippen molar-refractivity contribution in [3.05, 3.63) is 82.4 Å². The van der Waals surface area contributed by atoms with Gasteiger partial charge in [-0.3, -0.25) is 4.79 Å². The van der Waals surface area contributed by atoms with Gasteiger partial charge in [0.2, 0.25) is 5.95 Å². The standard InChI is InChI=1S/C19H16ClFN4O/c1-12-9-17(18(26)22-11-13-5-3-2-4-6-13)25-19(23-12)24-14-7-8-16(21)15(20)10-14/h2-10H,11H2,1H3,(H,22,26)(H,23,24,25). The van der Waals surface area contributed by atoms with Crippen LogP contribution < -0.4 is 10.6 Å². The Morgan fingerprint density at radius 1 is 1.12 bits per heavy atom. The van der Waals surface area contributed by atoms with Gasteiger partial charge < -0.3 is 10.6 Å². The topological polar surface area (TPSA) is 66.9 Å². The Morgan fingerprint density at radius 3 is 2.62 bits per heavy atom. The predicted octanol–water partition coefficient (Wildman–Crippen LogP) is 4.25. The molecule has 0 bridgehead atoms. The van der Waals surface area contributed by atoms with Crippen molar-refractivity contribution in [2.75, 3.05) is 5.32 Å². The quantitative estimate of drug-likeness (QED) is 0.704. The fourth-order valence-electron chi connectivity index (χ4n) is 2.31. The van der Waals surface area contributed by atoms with Crippen molar-refractivity contribution in [1.82, 2.24) is 15.3 Å². The highest BCUT2D eigenvalue weighted by atomic mass is 35.5. The van der Waals surface area contributed by atoms with Gasteiger partial charge in [0.15, 0.2) is 0 Å². The van der Waals surface area contributed by atoms with Crippen LogP contribution in [0.3, 0.4) is 0 Å². The van der Waals surface area contributed by atoms with Crippen LogP contribution in [0, 0.1) is 12.7 Å². The molecule has 0 aliphatic carbocycles. The summed E-state index contributed by atoms with van der Waals surface area (Å²) in [6.07, 6.45) is 0. The van der Waals surface area contributed by atoms with E-state index in [1.165, 1.54) is 18.2 Å². The van der Waals surface area contributed by atoms with Crippen LogP contribution in [-0.4, -0.2) is 15.9 Å². The molecule has 0 aliphatic heterocycles. The number of hydrogen-bond acceptors (Lipinski definition) is 4. The number of amides is 1. The minimum atomic E-state index is -0.511. The predicted molar refractivity (Wildman–Crippen MR) is 99.1 cm³/mol. The van der Waals surface area contributed by atoms with Gasteiger partial charge in [-0.05, 0) is 36.8 Å². The van der Waals surface area contributed by atoms with E-state index in [0.29, 0.717) is 17.9 Å². The molecule has 2 N–H and O–H groups in total. The largest absolute Gasteiger partial charge is 0.347 e. The first-order chi connectivity index (χ1) is 12.5. The van der Waals surface area contributed by atoms with Crippen LogP contribution in [0.5, 0.6) is 0 Å². The third kappa shape index (κ3) is 4.55. The average molecular weight is 371 g/mol. The van der Waals surface area contributed by atoms with Crippen molar-refractivity contribution in [3.63, 3.8) is 0 Å². The Hall–Kier alpha value is -2.99. The molecule has 26 heavy (non-hydrogen) atoms. The zero-order valence-electron chi connectivity index (χ0n) is 14.0. The molecule has 1 heterocycles. The van der Waals surface area contributed by atoms with Crippen LogP contribution in [0.2, 0.25) is 5.02 Å². The third-order valence-electron chi connectivity index (χ3n) is 3.56. The van der Waals surface area contributed by atoms with Crippen LogP contribution in [0.1, 0.15) is 21.7 Å². The lowest BCUT2D eigenvalue weighted by Crippen LogP contribution is -2.24. The summed E-state index contributed by atoms with van der Waals surface area (Å²) in [5.41, 5.74) is 2.38. The smallest absolute Gasteiger partial charge is 0.270 e. The lowest BCUT2D eigenvalue weighted by atomic mass is 10.2. The van der Waals surface area contributed by atoms with Crippen molar-refractivity contribution >= 4 is 29.1 Å². The highest BCUT2D eigenvalue weighted by molar-refractivity contribution is 6.31. The Bertz CT molecular complexity index is 934. The first-order valence-electron chi connectivity index (χ1n) is 7.91. The number of halogens is 2. The average Bonchev–Trinajstić information content (AvgIpc) is 2.63. The minimum absolute atomic E-state index is 0.0107. The molecule has 2 aromatic carbocycles. The van der Waals surface area contributed by atoms with E-state index in [0.717, 1.165) is 5.56 Å². The summed E-state index contributed by atoms with van der Waals surface area (Å²) in [5.74, 6) is -0.583. The molecule has 3 aromatic rings. The summed E-state index contributed by atoms with van der Waals surface area (Å²) < 4.78 is 13.3. The second-order valence-corrected chi connectivity index (χ2v) is 6.05. The van der Waals surface area contributed by atoms with E-state index in [2.05, 4.69) is 20.6 Å². The molecule has 0 atom stereocenters. The molecule has 0 radical (unpaired) electrons. The van der Waals surface area contributed by atoms with E-state index in [4.69, 9.17) is 11.6 Å². The van der Waals surface area contributed by atoms with E-state index >= 15 is 0 Å². The number of carbonyl (C=O) groups excluding carboxylic acids is 1. The summed E-state index contributed by atoms with van der Waals surface area (Å²) in [5, 5.41) is 5.74. The molecule has 0 spiro atoms. The summed E-state index contributed by atoms with van der Waals surface area (Å²) in [6.45, 7) is 2.16. The second-order valence-electron chi connectivity index (χ2n) is 5.64. The van der Waals surface area contributed by atoms with Crippen molar-refractivity contribution in [2.24, 2.45) is 0 Å². The van der Waals surface area contributed by atoms with Gasteiger partial charge in [-0.15, -0.1) is 0 Å². The molecule has 1 aromatic heterocycles. The maximum Gasteiger partial charge on any atom is 0.270 e. The number of hydrogen-bond donors (Lipinski definition) is 2. The summed E-state index contributed by atoms with van der Waals surface area (Å²) in [7, 11) is 0. The molecule has 0 fully saturated rings. The Labute approximate surface area is 155 Å². The number of aryl methyl sites for hydroxylation is 1. The lowest BCUT2D eigenvalue weighted by molar-refractivity contribution is 0.0945. The Morgan fingerprint density at radius 2 is 1.88 bits per heavy atom. The summed E-state index contributed by atoms with van der Waals surface area (Å²) in [6, 6.07) is 15.4. The normalized spacial score (nSPS) is 10.4. The molecule has 0 aliphatic rings. The number of nitrogens with zero attached hydrogens (tertiary/aromatic N) is 2. The van der Waals surface area contributed by atoms with Crippen molar-refractivity contribution in [1.29, 1.82) is 0 Å². The molecule has 3 rings (SSSR count). The molecular formula is C19H16ClFN4O. The van der Waals surface area contributed by atoms with Crippen LogP contribution in [0.15, 0.2) is 54.6 Å². The van der Waals surface area contributed by atoms with E-state index < -0.39 is 5.82 Å². The SMILES string of the molecule is Cc1cc(C(=O)NCc2ccccc2)nc(Nc2ccc(F)c(Cl)c2)n1. The molecular weight excluding hydrogens is 355 g/mol. The van der Waals surface area contributed by atoms with Crippen LogP contribution >= 0.6 is 11.6 Å². The molecule has 7 heteroatoms. The maximum absolute atomic E-state index is 13.3. The molecule has 0 saturated heterocycles. The number of rotatable bonds is 5. The Kier molecular flexibility index (Phi) is 5.43. The van der Waals surface area contributed by atoms with Gasteiger partial charge in [-0.1, -0.05) is 41.9 Å². The van der Waals surface area contributed by atoms with Gasteiger partial charge in [-0.25, -0.2) is 14.4 Å². The minimum Gasteiger partial charge on any atom is -0.347 e. The van der Waals surface area contributed by atoms with Gasteiger partial charge in [0.1, 0.15) is 11.5 Å². The van der Waals surface area contributed by atoms with Crippen LogP contribution in [0.4, 0.5) is 16.0 Å². The van der Waals surface area contributed by atoms with Crippen LogP contribution in [-0.2, 0) is 6.54 Å². The first-order valence-corrected chi connectivity index (χ1v) is 8.29. The molecule has 132 valence electrons. The van der Waals surface area contributed by atoms with E-state index in [1.54, 1.807) is 13.0 Å². The monoisotopic (exact) mass is 370 g/mol. The zero-order chi connectivity index (χ0) is 18.5. The number of benzene rings is 2. The molecule has 0 saturated carbocycles. The molecule has 5 nitrogen and oxygen atoms in total. The van der Waals surface area contributed by atoms with E-state index in [9.17, 15) is 9.18 Å². The number of aromatic nitrogens is 2. The maximum atomic E-state index is 13.3. The first kappa shape index (κ1) is 17.8. The van der Waals surface area contributed by atoms with Gasteiger partial charge in [0.05, 0.1) is 5.02 Å². The number of anilines is 2. The Balaban J connectivity index is 1.74. The van der Waals surface area contributed by atoms with Crippen LogP contribution in [0.25, 0.3) is 0 Å². The number of nitrogens with one attached hydrogen (secondary N) is 2. The van der Waals surface area contributed by atoms with Crippen molar-refractivity contribution in [2.45, 2.75) is 13.5 Å². The zero-order valence-corrected chi connectivity index (χ0v) is 14.7. The van der Waals surface area contributed by atoms with Crippen molar-refractivity contribution < 1.29 is 9.18 Å². The fraction of sp³-hybridized carbons (Fsp3) is 0.105. The highest BCUT2D eigenvalue weighted by Crippen LogP contribution is 2.21. The van der Waals surface area contributed by atoms with Gasteiger partial charge in [0.25, 0.3) is 5.91 Å². The highest BCUT2D eigenvalue weighted by Gasteiger charge is 2.11. The van der Waals surface area contributed by atoms with Gasteiger partial charge in [-0.2, -0.15) is 0 Å². The second kappa shape index (κ2) is 7.93. The summed E-state index contributed by atoms with van der Waals surface area (Å²) >= 11 is 5.77. The lowest BCUT2D eigenvalue weighted by Gasteiger charge is -2.09. The summed E-state index contributed by atoms with van der Waals surface area (Å²) in [4.78, 5) is 20.8. The van der Waals surface area contributed by atoms with Gasteiger partial charge in [0, 0.05) is 17.9 Å². The number of carbonyl (C=O) groups is 1. The van der Waals surface area contributed by atoms with E-state index in [1.807, 2.05) is 30.3 Å².